The van der Waals surface area contributed by atoms with Crippen LogP contribution >= 0.6 is 0 Å². The van der Waals surface area contributed by atoms with E-state index in [1.54, 1.807) is 22.0 Å². The Morgan fingerprint density at radius 3 is 2.40 bits per heavy atom. The smallest absolute Gasteiger partial charge is 0.312 e. The van der Waals surface area contributed by atoms with E-state index in [1.165, 1.54) is 0 Å². The van der Waals surface area contributed by atoms with E-state index in [0.29, 0.717) is 44.3 Å². The van der Waals surface area contributed by atoms with Gasteiger partial charge >= 0.3 is 5.97 Å². The van der Waals surface area contributed by atoms with E-state index >= 15 is 0 Å². The first-order valence-corrected chi connectivity index (χ1v) is 15.8. The third-order valence-corrected chi connectivity index (χ3v) is 9.79. The molecule has 0 radical (unpaired) electrons. The van der Waals surface area contributed by atoms with Crippen molar-refractivity contribution in [3.63, 3.8) is 0 Å². The highest BCUT2D eigenvalue weighted by atomic mass is 16.6. The van der Waals surface area contributed by atoms with E-state index in [-0.39, 0.29) is 37.5 Å². The van der Waals surface area contributed by atoms with Crippen LogP contribution < -0.4 is 9.80 Å². The van der Waals surface area contributed by atoms with Crippen LogP contribution in [0.1, 0.15) is 59.8 Å². The van der Waals surface area contributed by atoms with Crippen LogP contribution in [0.2, 0.25) is 0 Å². The molecular formula is C34H49N3O6. The number of aliphatic hydroxyl groups excluding tert-OH is 1. The van der Waals surface area contributed by atoms with Crippen LogP contribution in [0.5, 0.6) is 0 Å². The summed E-state index contributed by atoms with van der Waals surface area (Å²) in [6.07, 6.45) is 6.32. The van der Waals surface area contributed by atoms with E-state index < -0.39 is 35.0 Å². The maximum absolute atomic E-state index is 14.8. The Morgan fingerprint density at radius 1 is 1.12 bits per heavy atom. The van der Waals surface area contributed by atoms with E-state index in [4.69, 9.17) is 9.47 Å². The number of unbranched alkanes of at least 4 members (excludes halogenated alkanes) is 2. The second kappa shape index (κ2) is 13.6. The van der Waals surface area contributed by atoms with E-state index in [9.17, 15) is 19.5 Å². The minimum atomic E-state index is -1.15. The Balaban J connectivity index is 1.74. The molecule has 9 heteroatoms. The molecule has 4 rings (SSSR count). The summed E-state index contributed by atoms with van der Waals surface area (Å²) in [5.41, 5.74) is -0.304. The fourth-order valence-electron chi connectivity index (χ4n) is 7.55. The molecule has 236 valence electrons. The van der Waals surface area contributed by atoms with Crippen molar-refractivity contribution in [2.75, 3.05) is 49.2 Å². The maximum atomic E-state index is 14.8. The van der Waals surface area contributed by atoms with Gasteiger partial charge in [-0.3, -0.25) is 14.4 Å². The van der Waals surface area contributed by atoms with Gasteiger partial charge in [-0.05, 0) is 83.1 Å². The number of carbonyl (C=O) groups is 3. The fourth-order valence-corrected chi connectivity index (χ4v) is 7.55. The molecule has 0 aliphatic carbocycles. The van der Waals surface area contributed by atoms with Gasteiger partial charge in [-0.25, -0.2) is 0 Å². The largest absolute Gasteiger partial charge is 0.465 e. The second-order valence-electron chi connectivity index (χ2n) is 12.2. The van der Waals surface area contributed by atoms with Crippen molar-refractivity contribution in [2.24, 2.45) is 17.8 Å². The lowest BCUT2D eigenvalue weighted by Crippen LogP contribution is -2.57. The molecule has 1 N–H and O–H groups in total. The summed E-state index contributed by atoms with van der Waals surface area (Å²) in [4.78, 5) is 48.2. The van der Waals surface area contributed by atoms with E-state index in [0.717, 1.165) is 18.8 Å². The van der Waals surface area contributed by atoms with Gasteiger partial charge in [-0.2, -0.15) is 0 Å². The van der Waals surface area contributed by atoms with Gasteiger partial charge < -0.3 is 29.3 Å². The molecule has 1 aromatic carbocycles. The Hall–Kier alpha value is -3.17. The highest BCUT2D eigenvalue weighted by molar-refractivity contribution is 6.05. The summed E-state index contributed by atoms with van der Waals surface area (Å²) in [5.74, 6) is -2.64. The molecule has 3 unspecified atom stereocenters. The summed E-state index contributed by atoms with van der Waals surface area (Å²) >= 11 is 0. The zero-order valence-corrected chi connectivity index (χ0v) is 26.3. The Kier molecular flexibility index (Phi) is 10.4. The molecule has 2 bridgehead atoms. The molecule has 3 aliphatic rings. The Morgan fingerprint density at radius 2 is 1.79 bits per heavy atom. The lowest BCUT2D eigenvalue weighted by Gasteiger charge is -2.37. The van der Waals surface area contributed by atoms with Gasteiger partial charge in [0.05, 0.1) is 18.1 Å². The van der Waals surface area contributed by atoms with Crippen molar-refractivity contribution in [1.29, 1.82) is 0 Å². The molecule has 43 heavy (non-hydrogen) atoms. The van der Waals surface area contributed by atoms with Gasteiger partial charge in [0.2, 0.25) is 5.91 Å². The van der Waals surface area contributed by atoms with E-state index in [1.807, 2.05) is 38.1 Å². The van der Waals surface area contributed by atoms with Crippen molar-refractivity contribution < 1.29 is 29.0 Å². The van der Waals surface area contributed by atoms with Crippen molar-refractivity contribution in [2.45, 2.75) is 77.0 Å². The van der Waals surface area contributed by atoms with Crippen LogP contribution in [0.4, 0.5) is 11.4 Å². The lowest BCUT2D eigenvalue weighted by atomic mass is 9.62. The van der Waals surface area contributed by atoms with Gasteiger partial charge in [0.25, 0.3) is 5.91 Å². The first-order valence-electron chi connectivity index (χ1n) is 15.8. The molecule has 3 saturated heterocycles. The standard InChI is InChI=1S/C34H49N3O6/c1-7-11-22-42-32(41)28-27-30(39)37(20-13-12-14-21-38)29(34(27)23-24(5)33(28,6)43-34)31(40)36(19-8-2)26-17-15-25(16-18-26)35(9-3)10-4/h7-8,15-18,24,27-29,38H,1-2,9-14,19-23H2,3-6H3/t24?,27-,28-,29?,33+,34?/m0/s1. The lowest BCUT2D eigenvalue weighted by molar-refractivity contribution is -0.161. The summed E-state index contributed by atoms with van der Waals surface area (Å²) in [5, 5.41) is 9.32. The van der Waals surface area contributed by atoms with Crippen molar-refractivity contribution in [3.8, 4) is 0 Å². The molecule has 2 amide bonds. The summed E-state index contributed by atoms with van der Waals surface area (Å²) in [6.45, 7) is 18.3. The summed E-state index contributed by atoms with van der Waals surface area (Å²) in [6, 6.07) is 6.98. The number of esters is 1. The van der Waals surface area contributed by atoms with Gasteiger partial charge in [-0.1, -0.05) is 19.1 Å². The second-order valence-corrected chi connectivity index (χ2v) is 12.2. The van der Waals surface area contributed by atoms with Crippen molar-refractivity contribution in [3.05, 3.63) is 49.6 Å². The van der Waals surface area contributed by atoms with Gasteiger partial charge in [0.15, 0.2) is 0 Å². The minimum Gasteiger partial charge on any atom is -0.465 e. The van der Waals surface area contributed by atoms with Gasteiger partial charge in [0.1, 0.15) is 17.6 Å². The van der Waals surface area contributed by atoms with E-state index in [2.05, 4.69) is 31.9 Å². The number of hydrogen-bond donors (Lipinski definition) is 1. The molecule has 9 nitrogen and oxygen atoms in total. The molecule has 3 fully saturated rings. The van der Waals surface area contributed by atoms with Crippen molar-refractivity contribution >= 4 is 29.2 Å². The number of ether oxygens (including phenoxy) is 2. The molecule has 1 aromatic rings. The molecule has 6 atom stereocenters. The number of nitrogens with zero attached hydrogens (tertiary/aromatic N) is 3. The molecule has 3 heterocycles. The summed E-state index contributed by atoms with van der Waals surface area (Å²) < 4.78 is 12.5. The summed E-state index contributed by atoms with van der Waals surface area (Å²) in [7, 11) is 0. The highest BCUT2D eigenvalue weighted by Gasteiger charge is 2.80. The normalized spacial score (nSPS) is 29.0. The number of rotatable bonds is 16. The zero-order chi connectivity index (χ0) is 31.4. The molecule has 0 aromatic heterocycles. The monoisotopic (exact) mass is 595 g/mol. The number of likely N-dealkylation sites (tertiary alicyclic amines) is 1. The third kappa shape index (κ3) is 5.74. The number of carbonyl (C=O) groups excluding carboxylic acids is 3. The minimum absolute atomic E-state index is 0.0665. The van der Waals surface area contributed by atoms with Crippen molar-refractivity contribution in [1.82, 2.24) is 4.90 Å². The SMILES string of the molecule is C=CCCOC(=O)[C@@H]1[C@H]2C(=O)N(CCCCCO)C(C(=O)N(CC=C)c3ccc(N(CC)CC)cc3)C23CC(C)[C@@]1(C)O3. The Bertz CT molecular complexity index is 1180. The quantitative estimate of drug-likeness (QED) is 0.172. The third-order valence-electron chi connectivity index (χ3n) is 9.79. The zero-order valence-electron chi connectivity index (χ0n) is 26.3. The predicted molar refractivity (Wildman–Crippen MR) is 168 cm³/mol. The van der Waals surface area contributed by atoms with Crippen LogP contribution in [0, 0.1) is 17.8 Å². The van der Waals surface area contributed by atoms with Crippen LogP contribution in [-0.4, -0.2) is 84.4 Å². The molecule has 1 spiro atoms. The Labute approximate surface area is 256 Å². The molecular weight excluding hydrogens is 546 g/mol. The van der Waals surface area contributed by atoms with Crippen LogP contribution in [0.3, 0.4) is 0 Å². The predicted octanol–water partition coefficient (Wildman–Crippen LogP) is 4.34. The average molecular weight is 596 g/mol. The highest BCUT2D eigenvalue weighted by Crippen LogP contribution is 2.65. The number of aliphatic hydroxyl groups is 1. The molecule has 0 saturated carbocycles. The maximum Gasteiger partial charge on any atom is 0.312 e. The fraction of sp³-hybridized carbons (Fsp3) is 0.618. The van der Waals surface area contributed by atoms with Gasteiger partial charge in [-0.15, -0.1) is 13.2 Å². The number of hydrogen-bond acceptors (Lipinski definition) is 7. The number of amides is 2. The molecule has 3 aliphatic heterocycles. The number of benzene rings is 1. The van der Waals surface area contributed by atoms with Crippen LogP contribution in [0.25, 0.3) is 0 Å². The first-order chi connectivity index (χ1) is 20.6. The van der Waals surface area contributed by atoms with Gasteiger partial charge in [0, 0.05) is 44.2 Å². The average Bonchev–Trinajstić information content (AvgIpc) is 3.51. The van der Waals surface area contributed by atoms with Crippen LogP contribution in [-0.2, 0) is 23.9 Å². The first kappa shape index (κ1) is 32.7. The van der Waals surface area contributed by atoms with Crippen LogP contribution in [0.15, 0.2) is 49.6 Å². The topological polar surface area (TPSA) is 99.6 Å². The number of anilines is 2. The number of fused-ring (bicyclic) bond motifs is 1.